The van der Waals surface area contributed by atoms with Crippen molar-refractivity contribution < 1.29 is 9.59 Å². The number of nitrogens with one attached hydrogen (secondary N) is 2. The van der Waals surface area contributed by atoms with Crippen LogP contribution in [0.15, 0.2) is 0 Å². The van der Waals surface area contributed by atoms with Crippen LogP contribution in [0.5, 0.6) is 0 Å². The Kier molecular flexibility index (Phi) is 6.50. The summed E-state index contributed by atoms with van der Waals surface area (Å²) in [4.78, 5) is 21.7. The van der Waals surface area contributed by atoms with E-state index in [1.54, 1.807) is 0 Å². The standard InChI is InChI=1S/C16H30N2O2/c1-5-12(3)16(13(4)6-2)8-14(17-10-19)7-15(9-16)18-11-20/h10-15H,5-9H2,1-4H3,(H,17,19)(H,18,20). The normalized spacial score (nSPS) is 33.0. The molecule has 0 bridgehead atoms. The second-order valence-corrected chi connectivity index (χ2v) is 6.46. The van der Waals surface area contributed by atoms with Crippen LogP contribution in [-0.2, 0) is 9.59 Å². The van der Waals surface area contributed by atoms with Gasteiger partial charge in [-0.25, -0.2) is 0 Å². The Balaban J connectivity index is 3.03. The quantitative estimate of drug-likeness (QED) is 0.672. The molecule has 1 aliphatic rings. The topological polar surface area (TPSA) is 58.2 Å². The highest BCUT2D eigenvalue weighted by molar-refractivity contribution is 5.48. The maximum Gasteiger partial charge on any atom is 0.207 e. The third-order valence-corrected chi connectivity index (χ3v) is 5.62. The molecule has 2 amide bonds. The first kappa shape index (κ1) is 17.0. The molecule has 0 aliphatic heterocycles. The molecule has 0 aromatic carbocycles. The largest absolute Gasteiger partial charge is 0.356 e. The van der Waals surface area contributed by atoms with Gasteiger partial charge in [0.25, 0.3) is 0 Å². The molecule has 1 saturated carbocycles. The SMILES string of the molecule is CCC(C)C1(C(C)CC)CC(NC=O)CC(NC=O)C1. The van der Waals surface area contributed by atoms with Crippen LogP contribution in [0.2, 0.25) is 0 Å². The molecule has 4 unspecified atom stereocenters. The molecule has 0 radical (unpaired) electrons. The highest BCUT2D eigenvalue weighted by atomic mass is 16.1. The van der Waals surface area contributed by atoms with E-state index >= 15 is 0 Å². The fraction of sp³-hybridized carbons (Fsp3) is 0.875. The number of amides is 2. The summed E-state index contributed by atoms with van der Waals surface area (Å²) in [5, 5.41) is 5.90. The molecule has 0 heterocycles. The van der Waals surface area contributed by atoms with Crippen LogP contribution in [0.3, 0.4) is 0 Å². The molecule has 4 nitrogen and oxygen atoms in total. The predicted octanol–water partition coefficient (Wildman–Crippen LogP) is 2.48. The van der Waals surface area contributed by atoms with Crippen molar-refractivity contribution in [3.8, 4) is 0 Å². The molecule has 20 heavy (non-hydrogen) atoms. The van der Waals surface area contributed by atoms with E-state index in [0.717, 1.165) is 44.9 Å². The molecule has 0 aromatic rings. The third-order valence-electron chi connectivity index (χ3n) is 5.62. The highest BCUT2D eigenvalue weighted by Crippen LogP contribution is 2.50. The van der Waals surface area contributed by atoms with Gasteiger partial charge in [0.2, 0.25) is 12.8 Å². The average Bonchev–Trinajstić information content (AvgIpc) is 2.45. The van der Waals surface area contributed by atoms with Crippen LogP contribution >= 0.6 is 0 Å². The van der Waals surface area contributed by atoms with E-state index in [1.165, 1.54) is 0 Å². The Morgan fingerprint density at radius 1 is 1.00 bits per heavy atom. The van der Waals surface area contributed by atoms with Crippen molar-refractivity contribution in [2.24, 2.45) is 17.3 Å². The number of hydrogen-bond acceptors (Lipinski definition) is 2. The molecular weight excluding hydrogens is 252 g/mol. The Morgan fingerprint density at radius 2 is 1.40 bits per heavy atom. The molecule has 116 valence electrons. The van der Waals surface area contributed by atoms with E-state index in [0.29, 0.717) is 11.8 Å². The first-order valence-corrected chi connectivity index (χ1v) is 7.93. The minimum atomic E-state index is 0.168. The lowest BCUT2D eigenvalue weighted by Crippen LogP contribution is -2.53. The van der Waals surface area contributed by atoms with Gasteiger partial charge >= 0.3 is 0 Å². The fourth-order valence-electron chi connectivity index (χ4n) is 4.06. The molecule has 2 N–H and O–H groups in total. The van der Waals surface area contributed by atoms with Crippen molar-refractivity contribution in [1.82, 2.24) is 10.6 Å². The monoisotopic (exact) mass is 282 g/mol. The zero-order valence-electron chi connectivity index (χ0n) is 13.3. The summed E-state index contributed by atoms with van der Waals surface area (Å²) in [6.07, 6.45) is 6.74. The van der Waals surface area contributed by atoms with Crippen molar-refractivity contribution in [3.05, 3.63) is 0 Å². The van der Waals surface area contributed by atoms with E-state index in [2.05, 4.69) is 38.3 Å². The highest BCUT2D eigenvalue weighted by Gasteiger charge is 2.46. The van der Waals surface area contributed by atoms with Crippen LogP contribution in [0.1, 0.15) is 59.8 Å². The minimum Gasteiger partial charge on any atom is -0.356 e. The minimum absolute atomic E-state index is 0.168. The summed E-state index contributed by atoms with van der Waals surface area (Å²) in [6.45, 7) is 9.09. The van der Waals surface area contributed by atoms with E-state index < -0.39 is 0 Å². The van der Waals surface area contributed by atoms with Gasteiger partial charge in [-0.05, 0) is 36.5 Å². The maximum atomic E-state index is 10.8. The first-order chi connectivity index (χ1) is 9.53. The second kappa shape index (κ2) is 7.65. The summed E-state index contributed by atoms with van der Waals surface area (Å²) >= 11 is 0. The first-order valence-electron chi connectivity index (χ1n) is 7.93. The summed E-state index contributed by atoms with van der Waals surface area (Å²) in [7, 11) is 0. The Morgan fingerprint density at radius 3 is 1.70 bits per heavy atom. The second-order valence-electron chi connectivity index (χ2n) is 6.46. The summed E-state index contributed by atoms with van der Waals surface area (Å²) in [5.74, 6) is 1.18. The molecule has 1 aliphatic carbocycles. The van der Waals surface area contributed by atoms with Crippen LogP contribution in [0.4, 0.5) is 0 Å². The van der Waals surface area contributed by atoms with Gasteiger partial charge < -0.3 is 10.6 Å². The molecule has 0 spiro atoms. The lowest BCUT2D eigenvalue weighted by molar-refractivity contribution is -0.112. The van der Waals surface area contributed by atoms with Gasteiger partial charge in [-0.2, -0.15) is 0 Å². The lowest BCUT2D eigenvalue weighted by atomic mass is 9.56. The number of carbonyl (C=O) groups is 2. The smallest absolute Gasteiger partial charge is 0.207 e. The van der Waals surface area contributed by atoms with Gasteiger partial charge in [0, 0.05) is 12.1 Å². The summed E-state index contributed by atoms with van der Waals surface area (Å²) in [5.41, 5.74) is 0.198. The van der Waals surface area contributed by atoms with Crippen molar-refractivity contribution >= 4 is 12.8 Å². The number of hydrogen-bond donors (Lipinski definition) is 2. The van der Waals surface area contributed by atoms with E-state index in [4.69, 9.17) is 0 Å². The van der Waals surface area contributed by atoms with Crippen molar-refractivity contribution in [3.63, 3.8) is 0 Å². The number of carbonyl (C=O) groups excluding carboxylic acids is 2. The van der Waals surface area contributed by atoms with Crippen LogP contribution < -0.4 is 10.6 Å². The zero-order chi connectivity index (χ0) is 15.2. The molecule has 4 heteroatoms. The van der Waals surface area contributed by atoms with Gasteiger partial charge in [-0.1, -0.05) is 40.5 Å². The van der Waals surface area contributed by atoms with Gasteiger partial charge in [0.1, 0.15) is 0 Å². The Labute approximate surface area is 123 Å². The van der Waals surface area contributed by atoms with Gasteiger partial charge in [0.05, 0.1) is 0 Å². The van der Waals surface area contributed by atoms with Crippen LogP contribution in [-0.4, -0.2) is 24.9 Å². The molecule has 0 aromatic heterocycles. The van der Waals surface area contributed by atoms with Crippen LogP contribution in [0, 0.1) is 17.3 Å². The number of rotatable bonds is 8. The Bertz CT molecular complexity index is 290. The molecule has 1 rings (SSSR count). The summed E-state index contributed by atoms with van der Waals surface area (Å²) < 4.78 is 0. The van der Waals surface area contributed by atoms with Gasteiger partial charge in [0.15, 0.2) is 0 Å². The van der Waals surface area contributed by atoms with Crippen LogP contribution in [0.25, 0.3) is 0 Å². The zero-order valence-corrected chi connectivity index (χ0v) is 13.3. The fourth-order valence-corrected chi connectivity index (χ4v) is 4.06. The molecule has 4 atom stereocenters. The van der Waals surface area contributed by atoms with E-state index in [1.807, 2.05) is 0 Å². The van der Waals surface area contributed by atoms with Crippen molar-refractivity contribution in [2.45, 2.75) is 71.9 Å². The van der Waals surface area contributed by atoms with E-state index in [9.17, 15) is 9.59 Å². The maximum absolute atomic E-state index is 10.8. The predicted molar refractivity (Wildman–Crippen MR) is 81.2 cm³/mol. The van der Waals surface area contributed by atoms with Crippen molar-refractivity contribution in [2.75, 3.05) is 0 Å². The third kappa shape index (κ3) is 3.53. The lowest BCUT2D eigenvalue weighted by Gasteiger charge is -2.51. The Hall–Kier alpha value is -1.06. The van der Waals surface area contributed by atoms with Gasteiger partial charge in [-0.3, -0.25) is 9.59 Å². The molecular formula is C16H30N2O2. The van der Waals surface area contributed by atoms with Crippen molar-refractivity contribution in [1.29, 1.82) is 0 Å². The average molecular weight is 282 g/mol. The van der Waals surface area contributed by atoms with Gasteiger partial charge in [-0.15, -0.1) is 0 Å². The van der Waals surface area contributed by atoms with E-state index in [-0.39, 0.29) is 17.5 Å². The molecule has 0 saturated heterocycles. The summed E-state index contributed by atoms with van der Waals surface area (Å²) in [6, 6.07) is 0.336. The molecule has 1 fully saturated rings.